The second-order valence-electron chi connectivity index (χ2n) is 8.83. The second-order valence-corrected chi connectivity index (χ2v) is 8.83. The van der Waals surface area contributed by atoms with E-state index in [1.54, 1.807) is 24.2 Å². The standard InChI is InChI=1S/C29H26N6O2/c1-3-6-28(36)35-13-11-34(12-14-35)27-16-22(37-19-21-7-4-5-10-31-21)15-23(24(27)17-30)29-20(2)8-9-26-25(29)18-32-33-26/h4-5,7-10,15-16,18H,11-14,19H2,1-2H3,(H,32,33). The molecule has 1 N–H and O–H groups in total. The van der Waals surface area contributed by atoms with Crippen molar-refractivity contribution < 1.29 is 9.53 Å². The maximum Gasteiger partial charge on any atom is 0.298 e. The van der Waals surface area contributed by atoms with E-state index < -0.39 is 0 Å². The zero-order valence-electron chi connectivity index (χ0n) is 20.8. The number of nitriles is 1. The van der Waals surface area contributed by atoms with Crippen molar-refractivity contribution in [1.82, 2.24) is 20.1 Å². The van der Waals surface area contributed by atoms with Crippen molar-refractivity contribution in [2.24, 2.45) is 0 Å². The van der Waals surface area contributed by atoms with Crippen molar-refractivity contribution in [2.45, 2.75) is 20.5 Å². The molecule has 0 bridgehead atoms. The monoisotopic (exact) mass is 490 g/mol. The molecule has 8 nitrogen and oxygen atoms in total. The summed E-state index contributed by atoms with van der Waals surface area (Å²) >= 11 is 0. The van der Waals surface area contributed by atoms with Crippen LogP contribution in [0.4, 0.5) is 5.69 Å². The zero-order valence-corrected chi connectivity index (χ0v) is 20.8. The van der Waals surface area contributed by atoms with E-state index >= 15 is 0 Å². The molecule has 5 rings (SSSR count). The van der Waals surface area contributed by atoms with Crippen molar-refractivity contribution in [3.05, 3.63) is 71.7 Å². The van der Waals surface area contributed by atoms with Crippen molar-refractivity contribution in [1.29, 1.82) is 5.26 Å². The molecule has 0 unspecified atom stereocenters. The maximum atomic E-state index is 12.3. The Labute approximate surface area is 215 Å². The summed E-state index contributed by atoms with van der Waals surface area (Å²) in [5, 5.41) is 18.6. The largest absolute Gasteiger partial charge is 0.487 e. The third-order valence-corrected chi connectivity index (χ3v) is 6.56. The molecule has 1 amide bonds. The average Bonchev–Trinajstić information content (AvgIpc) is 3.41. The number of nitrogens with one attached hydrogen (secondary N) is 1. The third kappa shape index (κ3) is 4.82. The molecule has 0 spiro atoms. The SMILES string of the molecule is CC#CC(=O)N1CCN(c2cc(OCc3ccccn3)cc(-c3c(C)ccc4[nH]ncc34)c2C#N)CC1. The highest BCUT2D eigenvalue weighted by Gasteiger charge is 2.25. The Balaban J connectivity index is 1.58. The number of ether oxygens (including phenoxy) is 1. The molecular weight excluding hydrogens is 464 g/mol. The van der Waals surface area contributed by atoms with E-state index in [2.05, 4.69) is 38.0 Å². The van der Waals surface area contributed by atoms with Gasteiger partial charge in [0.15, 0.2) is 0 Å². The number of fused-ring (bicyclic) bond motifs is 1. The predicted molar refractivity (Wildman–Crippen MR) is 142 cm³/mol. The molecule has 2 aromatic heterocycles. The van der Waals surface area contributed by atoms with Crippen LogP contribution in [0, 0.1) is 30.1 Å². The number of benzene rings is 2. The summed E-state index contributed by atoms with van der Waals surface area (Å²) in [5.74, 6) is 5.77. The minimum Gasteiger partial charge on any atom is -0.487 e. The van der Waals surface area contributed by atoms with Gasteiger partial charge in [-0.2, -0.15) is 10.4 Å². The smallest absolute Gasteiger partial charge is 0.298 e. The lowest BCUT2D eigenvalue weighted by Gasteiger charge is -2.36. The Morgan fingerprint density at radius 1 is 1.16 bits per heavy atom. The van der Waals surface area contributed by atoms with Gasteiger partial charge in [-0.15, -0.1) is 0 Å². The van der Waals surface area contributed by atoms with Gasteiger partial charge >= 0.3 is 0 Å². The first-order valence-corrected chi connectivity index (χ1v) is 12.1. The summed E-state index contributed by atoms with van der Waals surface area (Å²) < 4.78 is 6.21. The Morgan fingerprint density at radius 3 is 2.73 bits per heavy atom. The number of hydrogen-bond acceptors (Lipinski definition) is 6. The first-order valence-electron chi connectivity index (χ1n) is 12.1. The molecule has 8 heteroatoms. The van der Waals surface area contributed by atoms with Gasteiger partial charge in [0, 0.05) is 49.4 Å². The molecule has 0 radical (unpaired) electrons. The molecule has 2 aromatic carbocycles. The molecular formula is C29H26N6O2. The molecule has 0 aliphatic carbocycles. The van der Waals surface area contributed by atoms with Crippen LogP contribution in [-0.4, -0.2) is 52.2 Å². The van der Waals surface area contributed by atoms with E-state index in [-0.39, 0.29) is 5.91 Å². The summed E-state index contributed by atoms with van der Waals surface area (Å²) in [6.45, 7) is 6.23. The molecule has 0 saturated carbocycles. The summed E-state index contributed by atoms with van der Waals surface area (Å²) in [7, 11) is 0. The topological polar surface area (TPSA) is 98.1 Å². The lowest BCUT2D eigenvalue weighted by Crippen LogP contribution is -2.48. The molecule has 1 saturated heterocycles. The van der Waals surface area contributed by atoms with Gasteiger partial charge in [0.05, 0.1) is 28.7 Å². The Morgan fingerprint density at radius 2 is 2.00 bits per heavy atom. The van der Waals surface area contributed by atoms with Crippen LogP contribution in [0.25, 0.3) is 22.0 Å². The highest BCUT2D eigenvalue weighted by Crippen LogP contribution is 2.40. The normalized spacial score (nSPS) is 13.1. The average molecular weight is 491 g/mol. The second kappa shape index (κ2) is 10.4. The summed E-state index contributed by atoms with van der Waals surface area (Å²) in [6, 6.07) is 16.0. The molecule has 37 heavy (non-hydrogen) atoms. The van der Waals surface area contributed by atoms with Crippen LogP contribution < -0.4 is 9.64 Å². The quantitative estimate of drug-likeness (QED) is 0.424. The van der Waals surface area contributed by atoms with Crippen molar-refractivity contribution in [2.75, 3.05) is 31.1 Å². The number of anilines is 1. The van der Waals surface area contributed by atoms with Crippen molar-refractivity contribution >= 4 is 22.5 Å². The lowest BCUT2D eigenvalue weighted by atomic mass is 9.92. The number of pyridine rings is 1. The van der Waals surface area contributed by atoms with E-state index in [4.69, 9.17) is 4.74 Å². The van der Waals surface area contributed by atoms with Crippen LogP contribution in [-0.2, 0) is 11.4 Å². The Kier molecular flexibility index (Phi) is 6.74. The van der Waals surface area contributed by atoms with Crippen LogP contribution >= 0.6 is 0 Å². The zero-order chi connectivity index (χ0) is 25.8. The van der Waals surface area contributed by atoms with Crippen molar-refractivity contribution in [3.63, 3.8) is 0 Å². The Bertz CT molecular complexity index is 1550. The van der Waals surface area contributed by atoms with Crippen LogP contribution in [0.15, 0.2) is 54.9 Å². The number of aryl methyl sites for hydroxylation is 1. The van der Waals surface area contributed by atoms with E-state index in [1.165, 1.54) is 0 Å². The fourth-order valence-corrected chi connectivity index (χ4v) is 4.71. The highest BCUT2D eigenvalue weighted by atomic mass is 16.5. The number of aromatic amines is 1. The number of carbonyl (C=O) groups is 1. The molecule has 1 aliphatic rings. The van der Waals surface area contributed by atoms with E-state index in [1.807, 2.05) is 49.4 Å². The predicted octanol–water partition coefficient (Wildman–Crippen LogP) is 4.06. The number of rotatable bonds is 5. The molecule has 0 atom stereocenters. The number of nitrogens with zero attached hydrogens (tertiary/aromatic N) is 5. The van der Waals surface area contributed by atoms with Gasteiger partial charge in [0.2, 0.25) is 0 Å². The van der Waals surface area contributed by atoms with Gasteiger partial charge in [-0.05, 0) is 55.2 Å². The van der Waals surface area contributed by atoms with Crippen molar-refractivity contribution in [3.8, 4) is 34.8 Å². The lowest BCUT2D eigenvalue weighted by molar-refractivity contribution is -0.125. The Hall–Kier alpha value is -4.82. The molecule has 3 heterocycles. The molecule has 1 fully saturated rings. The van der Waals surface area contributed by atoms with Gasteiger partial charge in [0.1, 0.15) is 18.4 Å². The van der Waals surface area contributed by atoms with Crippen LogP contribution in [0.2, 0.25) is 0 Å². The van der Waals surface area contributed by atoms with Gasteiger partial charge in [-0.25, -0.2) is 0 Å². The van der Waals surface area contributed by atoms with E-state index in [9.17, 15) is 10.1 Å². The number of carbonyl (C=O) groups excluding carboxylic acids is 1. The van der Waals surface area contributed by atoms with Gasteiger partial charge in [0.25, 0.3) is 5.91 Å². The van der Waals surface area contributed by atoms with Gasteiger partial charge in [-0.3, -0.25) is 14.9 Å². The molecule has 184 valence electrons. The number of hydrogen-bond donors (Lipinski definition) is 1. The summed E-state index contributed by atoms with van der Waals surface area (Å²) in [6.07, 6.45) is 3.53. The minimum absolute atomic E-state index is 0.168. The van der Waals surface area contributed by atoms with Crippen LogP contribution in [0.3, 0.4) is 0 Å². The number of H-pyrrole nitrogens is 1. The fourth-order valence-electron chi connectivity index (χ4n) is 4.71. The minimum atomic E-state index is -0.168. The number of aromatic nitrogens is 3. The number of piperazine rings is 1. The number of amides is 1. The van der Waals surface area contributed by atoms with E-state index in [0.717, 1.165) is 39.0 Å². The van der Waals surface area contributed by atoms with Gasteiger partial charge < -0.3 is 14.5 Å². The van der Waals surface area contributed by atoms with Crippen LogP contribution in [0.5, 0.6) is 5.75 Å². The first kappa shape index (κ1) is 23.9. The first-order chi connectivity index (χ1) is 18.1. The van der Waals surface area contributed by atoms with Gasteiger partial charge in [-0.1, -0.05) is 18.1 Å². The highest BCUT2D eigenvalue weighted by molar-refractivity contribution is 5.99. The fraction of sp³-hybridized carbons (Fsp3) is 0.241. The van der Waals surface area contributed by atoms with E-state index in [0.29, 0.717) is 44.1 Å². The molecule has 1 aliphatic heterocycles. The summed E-state index contributed by atoms with van der Waals surface area (Å²) in [4.78, 5) is 20.5. The third-order valence-electron chi connectivity index (χ3n) is 6.56. The molecule has 4 aromatic rings. The maximum absolute atomic E-state index is 12.3. The summed E-state index contributed by atoms with van der Waals surface area (Å²) in [5.41, 5.74) is 5.82. The van der Waals surface area contributed by atoms with Crippen LogP contribution in [0.1, 0.15) is 23.7 Å².